The lowest BCUT2D eigenvalue weighted by molar-refractivity contribution is 0.102. The van der Waals surface area contributed by atoms with Gasteiger partial charge in [-0.3, -0.25) is 4.79 Å². The first-order valence-corrected chi connectivity index (χ1v) is 6.18. The third kappa shape index (κ3) is 2.96. The summed E-state index contributed by atoms with van der Waals surface area (Å²) in [5.74, 6) is -0.609. The molecule has 0 heterocycles. The maximum atomic E-state index is 12.7. The molecular weight excluding hydrogens is 297 g/mol. The van der Waals surface area contributed by atoms with Gasteiger partial charge in [0.2, 0.25) is 0 Å². The highest BCUT2D eigenvalue weighted by molar-refractivity contribution is 9.10. The Bertz CT molecular complexity index is 581. The Labute approximate surface area is 113 Å². The molecule has 2 rings (SSSR count). The van der Waals surface area contributed by atoms with Crippen LogP contribution in [-0.2, 0) is 0 Å². The second-order valence-corrected chi connectivity index (χ2v) is 4.78. The average molecular weight is 308 g/mol. The molecule has 4 heteroatoms. The minimum Gasteiger partial charge on any atom is -0.322 e. The van der Waals surface area contributed by atoms with Crippen molar-refractivity contribution in [2.24, 2.45) is 0 Å². The van der Waals surface area contributed by atoms with E-state index in [1.807, 2.05) is 19.1 Å². The maximum Gasteiger partial charge on any atom is 0.255 e. The van der Waals surface area contributed by atoms with E-state index in [0.29, 0.717) is 11.3 Å². The van der Waals surface area contributed by atoms with Crippen LogP contribution in [0.3, 0.4) is 0 Å². The first-order valence-electron chi connectivity index (χ1n) is 5.39. The molecule has 0 fully saturated rings. The minimum absolute atomic E-state index is 0.253. The van der Waals surface area contributed by atoms with Gasteiger partial charge in [-0.15, -0.1) is 0 Å². The summed E-state index contributed by atoms with van der Waals surface area (Å²) in [4.78, 5) is 11.9. The van der Waals surface area contributed by atoms with Gasteiger partial charge in [0.05, 0.1) is 0 Å². The summed E-state index contributed by atoms with van der Waals surface area (Å²) in [5.41, 5.74) is 2.17. The number of carbonyl (C=O) groups excluding carboxylic acids is 1. The largest absolute Gasteiger partial charge is 0.322 e. The lowest BCUT2D eigenvalue weighted by Gasteiger charge is -2.07. The SMILES string of the molecule is Cc1cc(NC(=O)c2ccc(F)cc2)ccc1Br. The van der Waals surface area contributed by atoms with Crippen molar-refractivity contribution in [1.82, 2.24) is 0 Å². The van der Waals surface area contributed by atoms with E-state index in [1.165, 1.54) is 24.3 Å². The van der Waals surface area contributed by atoms with E-state index in [1.54, 1.807) is 6.07 Å². The molecular formula is C14H11BrFNO. The van der Waals surface area contributed by atoms with Crippen molar-refractivity contribution >= 4 is 27.5 Å². The highest BCUT2D eigenvalue weighted by Gasteiger charge is 2.06. The molecule has 0 aromatic heterocycles. The summed E-state index contributed by atoms with van der Waals surface area (Å²) in [6.45, 7) is 1.94. The Kier molecular flexibility index (Phi) is 3.77. The van der Waals surface area contributed by atoms with Crippen LogP contribution in [0.4, 0.5) is 10.1 Å². The summed E-state index contributed by atoms with van der Waals surface area (Å²) in [5, 5.41) is 2.76. The molecule has 1 N–H and O–H groups in total. The van der Waals surface area contributed by atoms with Crippen LogP contribution in [0.15, 0.2) is 46.9 Å². The van der Waals surface area contributed by atoms with Gasteiger partial charge in [-0.1, -0.05) is 15.9 Å². The van der Waals surface area contributed by atoms with Gasteiger partial charge in [0.25, 0.3) is 5.91 Å². The fraction of sp³-hybridized carbons (Fsp3) is 0.0714. The first kappa shape index (κ1) is 12.8. The lowest BCUT2D eigenvalue weighted by Crippen LogP contribution is -2.11. The van der Waals surface area contributed by atoms with Gasteiger partial charge in [-0.2, -0.15) is 0 Å². The van der Waals surface area contributed by atoms with Gasteiger partial charge < -0.3 is 5.32 Å². The van der Waals surface area contributed by atoms with Gasteiger partial charge in [-0.25, -0.2) is 4.39 Å². The number of nitrogens with one attached hydrogen (secondary N) is 1. The van der Waals surface area contributed by atoms with Crippen molar-refractivity contribution in [3.05, 3.63) is 63.9 Å². The molecule has 0 atom stereocenters. The second-order valence-electron chi connectivity index (χ2n) is 3.92. The molecule has 0 radical (unpaired) electrons. The van der Waals surface area contributed by atoms with Crippen molar-refractivity contribution in [2.45, 2.75) is 6.92 Å². The molecule has 2 aromatic carbocycles. The highest BCUT2D eigenvalue weighted by atomic mass is 79.9. The summed E-state index contributed by atoms with van der Waals surface area (Å²) in [6.07, 6.45) is 0. The number of benzene rings is 2. The van der Waals surface area contributed by atoms with Crippen molar-refractivity contribution in [2.75, 3.05) is 5.32 Å². The summed E-state index contributed by atoms with van der Waals surface area (Å²) >= 11 is 3.39. The number of hydrogen-bond acceptors (Lipinski definition) is 1. The Morgan fingerprint density at radius 3 is 2.44 bits per heavy atom. The average Bonchev–Trinajstić information content (AvgIpc) is 2.34. The van der Waals surface area contributed by atoms with E-state index in [9.17, 15) is 9.18 Å². The smallest absolute Gasteiger partial charge is 0.255 e. The summed E-state index contributed by atoms with van der Waals surface area (Å²) < 4.78 is 13.7. The van der Waals surface area contributed by atoms with E-state index in [-0.39, 0.29) is 11.7 Å². The van der Waals surface area contributed by atoms with Gasteiger partial charge in [0, 0.05) is 15.7 Å². The Morgan fingerprint density at radius 1 is 1.17 bits per heavy atom. The molecule has 0 aliphatic carbocycles. The van der Waals surface area contributed by atoms with Crippen LogP contribution >= 0.6 is 15.9 Å². The zero-order valence-electron chi connectivity index (χ0n) is 9.71. The fourth-order valence-electron chi connectivity index (χ4n) is 1.53. The van der Waals surface area contributed by atoms with Gasteiger partial charge in [0.1, 0.15) is 5.82 Å². The fourth-order valence-corrected chi connectivity index (χ4v) is 1.77. The number of amides is 1. The van der Waals surface area contributed by atoms with Crippen molar-refractivity contribution in [3.63, 3.8) is 0 Å². The van der Waals surface area contributed by atoms with Crippen LogP contribution in [0.1, 0.15) is 15.9 Å². The number of aryl methyl sites for hydroxylation is 1. The van der Waals surface area contributed by atoms with Crippen molar-refractivity contribution in [1.29, 1.82) is 0 Å². The second kappa shape index (κ2) is 5.31. The monoisotopic (exact) mass is 307 g/mol. The summed E-state index contributed by atoms with van der Waals surface area (Å²) in [7, 11) is 0. The molecule has 2 aromatic rings. The van der Waals surface area contributed by atoms with E-state index in [0.717, 1.165) is 10.0 Å². The molecule has 0 bridgehead atoms. The van der Waals surface area contributed by atoms with Gasteiger partial charge >= 0.3 is 0 Å². The predicted molar refractivity (Wildman–Crippen MR) is 73.2 cm³/mol. The molecule has 0 unspecified atom stereocenters. The lowest BCUT2D eigenvalue weighted by atomic mass is 10.2. The quantitative estimate of drug-likeness (QED) is 0.887. The van der Waals surface area contributed by atoms with Crippen LogP contribution < -0.4 is 5.32 Å². The molecule has 0 saturated heterocycles. The normalized spacial score (nSPS) is 10.2. The zero-order chi connectivity index (χ0) is 13.1. The predicted octanol–water partition coefficient (Wildman–Crippen LogP) is 4.15. The Balaban J connectivity index is 2.16. The Hall–Kier alpha value is -1.68. The molecule has 0 saturated carbocycles. The molecule has 2 nitrogen and oxygen atoms in total. The standard InChI is InChI=1S/C14H11BrFNO/c1-9-8-12(6-7-13(9)15)17-14(18)10-2-4-11(16)5-3-10/h2-8H,1H3,(H,17,18). The minimum atomic E-state index is -0.356. The van der Waals surface area contributed by atoms with Crippen LogP contribution in [0.25, 0.3) is 0 Å². The highest BCUT2D eigenvalue weighted by Crippen LogP contribution is 2.20. The molecule has 0 aliphatic rings. The molecule has 1 amide bonds. The molecule has 18 heavy (non-hydrogen) atoms. The summed E-state index contributed by atoms with van der Waals surface area (Å²) in [6, 6.07) is 11.0. The molecule has 0 aliphatic heterocycles. The maximum absolute atomic E-state index is 12.7. The van der Waals surface area contributed by atoms with Crippen LogP contribution in [-0.4, -0.2) is 5.91 Å². The van der Waals surface area contributed by atoms with Crippen molar-refractivity contribution < 1.29 is 9.18 Å². The first-order chi connectivity index (χ1) is 8.56. The topological polar surface area (TPSA) is 29.1 Å². The number of rotatable bonds is 2. The van der Waals surface area contributed by atoms with Crippen LogP contribution in [0, 0.1) is 12.7 Å². The van der Waals surface area contributed by atoms with Crippen LogP contribution in [0.2, 0.25) is 0 Å². The van der Waals surface area contributed by atoms with E-state index < -0.39 is 0 Å². The number of halogens is 2. The molecule has 0 spiro atoms. The van der Waals surface area contributed by atoms with E-state index >= 15 is 0 Å². The van der Waals surface area contributed by atoms with Crippen molar-refractivity contribution in [3.8, 4) is 0 Å². The van der Waals surface area contributed by atoms with E-state index in [4.69, 9.17) is 0 Å². The van der Waals surface area contributed by atoms with E-state index in [2.05, 4.69) is 21.2 Å². The third-order valence-corrected chi connectivity index (χ3v) is 3.41. The van der Waals surface area contributed by atoms with Gasteiger partial charge in [0.15, 0.2) is 0 Å². The van der Waals surface area contributed by atoms with Crippen LogP contribution in [0.5, 0.6) is 0 Å². The van der Waals surface area contributed by atoms with Gasteiger partial charge in [-0.05, 0) is 55.0 Å². The molecule has 92 valence electrons. The zero-order valence-corrected chi connectivity index (χ0v) is 11.3. The number of anilines is 1. The number of hydrogen-bond donors (Lipinski definition) is 1. The third-order valence-electron chi connectivity index (χ3n) is 2.52. The number of carbonyl (C=O) groups is 1. The Morgan fingerprint density at radius 2 is 1.83 bits per heavy atom.